The summed E-state index contributed by atoms with van der Waals surface area (Å²) in [4.78, 5) is 15.8. The van der Waals surface area contributed by atoms with E-state index in [4.69, 9.17) is 9.15 Å². The molecular formula is C16H15NO3. The number of allylic oxidation sites excluding steroid dienone is 1. The predicted octanol–water partition coefficient (Wildman–Crippen LogP) is 3.26. The fourth-order valence-corrected chi connectivity index (χ4v) is 2.42. The average Bonchev–Trinajstić information content (AvgIpc) is 2.88. The molecule has 0 saturated carbocycles. The number of aryl methyl sites for hydroxylation is 2. The number of esters is 1. The van der Waals surface area contributed by atoms with Gasteiger partial charge in [0.05, 0.1) is 7.11 Å². The molecule has 0 bridgehead atoms. The lowest BCUT2D eigenvalue weighted by atomic mass is 9.92. The Kier molecular flexibility index (Phi) is 3.14. The van der Waals surface area contributed by atoms with Gasteiger partial charge in [-0.15, -0.1) is 0 Å². The molecule has 0 radical (unpaired) electrons. The smallest absolute Gasteiger partial charge is 0.360 e. The quantitative estimate of drug-likeness (QED) is 0.785. The Balaban J connectivity index is 1.99. The summed E-state index contributed by atoms with van der Waals surface area (Å²) in [5.74, 6) is 0.540. The highest BCUT2D eigenvalue weighted by molar-refractivity contribution is 5.89. The van der Waals surface area contributed by atoms with Crippen molar-refractivity contribution in [2.75, 3.05) is 7.11 Å². The monoisotopic (exact) mass is 269 g/mol. The summed E-state index contributed by atoms with van der Waals surface area (Å²) in [5.41, 5.74) is 3.78. The van der Waals surface area contributed by atoms with Crippen molar-refractivity contribution in [2.45, 2.75) is 19.8 Å². The molecule has 1 aromatic carbocycles. The first-order valence-electron chi connectivity index (χ1n) is 6.53. The van der Waals surface area contributed by atoms with Gasteiger partial charge in [0.15, 0.2) is 5.69 Å². The summed E-state index contributed by atoms with van der Waals surface area (Å²) in [5, 5.41) is 0. The third-order valence-corrected chi connectivity index (χ3v) is 3.50. The second-order valence-corrected chi connectivity index (χ2v) is 4.78. The largest absolute Gasteiger partial charge is 0.464 e. The number of benzene rings is 1. The van der Waals surface area contributed by atoms with Crippen molar-refractivity contribution in [1.29, 1.82) is 0 Å². The van der Waals surface area contributed by atoms with E-state index in [1.807, 2.05) is 12.1 Å². The van der Waals surface area contributed by atoms with Crippen LogP contribution in [0.3, 0.4) is 0 Å². The zero-order valence-electron chi connectivity index (χ0n) is 11.5. The van der Waals surface area contributed by atoms with Gasteiger partial charge in [0.1, 0.15) is 5.76 Å². The lowest BCUT2D eigenvalue weighted by Gasteiger charge is -2.13. The van der Waals surface area contributed by atoms with Gasteiger partial charge in [0, 0.05) is 5.57 Å². The SMILES string of the molecule is COC(=O)c1nc(C2=Cc3ccccc3CC2)oc1C. The van der Waals surface area contributed by atoms with Crippen LogP contribution in [0.5, 0.6) is 0 Å². The number of rotatable bonds is 2. The van der Waals surface area contributed by atoms with Crippen molar-refractivity contribution in [3.63, 3.8) is 0 Å². The van der Waals surface area contributed by atoms with Crippen LogP contribution in [0.2, 0.25) is 0 Å². The number of oxazole rings is 1. The first kappa shape index (κ1) is 12.7. The molecule has 0 fully saturated rings. The second kappa shape index (κ2) is 4.96. The Morgan fingerprint density at radius 1 is 1.30 bits per heavy atom. The Morgan fingerprint density at radius 3 is 2.90 bits per heavy atom. The van der Waals surface area contributed by atoms with Gasteiger partial charge >= 0.3 is 5.97 Å². The van der Waals surface area contributed by atoms with Crippen LogP contribution in [0.1, 0.15) is 39.7 Å². The fourth-order valence-electron chi connectivity index (χ4n) is 2.42. The topological polar surface area (TPSA) is 52.3 Å². The van der Waals surface area contributed by atoms with E-state index in [1.54, 1.807) is 6.92 Å². The van der Waals surface area contributed by atoms with Gasteiger partial charge in [0.2, 0.25) is 5.89 Å². The molecule has 3 rings (SSSR count). The minimum Gasteiger partial charge on any atom is -0.464 e. The number of carbonyl (C=O) groups is 1. The lowest BCUT2D eigenvalue weighted by molar-refractivity contribution is 0.0593. The number of hydrogen-bond acceptors (Lipinski definition) is 4. The van der Waals surface area contributed by atoms with Crippen molar-refractivity contribution in [2.24, 2.45) is 0 Å². The molecule has 1 aliphatic carbocycles. The molecule has 1 aliphatic rings. The van der Waals surface area contributed by atoms with Crippen LogP contribution in [-0.4, -0.2) is 18.1 Å². The molecule has 0 saturated heterocycles. The minimum absolute atomic E-state index is 0.252. The first-order valence-corrected chi connectivity index (χ1v) is 6.53. The van der Waals surface area contributed by atoms with Crippen LogP contribution in [0, 0.1) is 6.92 Å². The average molecular weight is 269 g/mol. The van der Waals surface area contributed by atoms with Crippen molar-refractivity contribution < 1.29 is 13.9 Å². The van der Waals surface area contributed by atoms with Crippen LogP contribution < -0.4 is 0 Å². The molecule has 1 aromatic heterocycles. The van der Waals surface area contributed by atoms with E-state index in [-0.39, 0.29) is 5.69 Å². The highest BCUT2D eigenvalue weighted by Crippen LogP contribution is 2.30. The predicted molar refractivity (Wildman–Crippen MR) is 75.2 cm³/mol. The molecule has 2 aromatic rings. The summed E-state index contributed by atoms with van der Waals surface area (Å²) >= 11 is 0. The van der Waals surface area contributed by atoms with Gasteiger partial charge in [-0.3, -0.25) is 0 Å². The normalized spacial score (nSPS) is 13.6. The third-order valence-electron chi connectivity index (χ3n) is 3.50. The molecule has 4 heteroatoms. The first-order chi connectivity index (χ1) is 9.69. The van der Waals surface area contributed by atoms with Crippen LogP contribution in [-0.2, 0) is 11.2 Å². The Bertz CT molecular complexity index is 697. The molecule has 1 heterocycles. The zero-order valence-corrected chi connectivity index (χ0v) is 11.5. The Labute approximate surface area is 117 Å². The number of fused-ring (bicyclic) bond motifs is 1. The fraction of sp³-hybridized carbons (Fsp3) is 0.250. The number of nitrogens with zero attached hydrogens (tertiary/aromatic N) is 1. The molecule has 4 nitrogen and oxygen atoms in total. The van der Waals surface area contributed by atoms with E-state index in [9.17, 15) is 4.79 Å². The Hall–Kier alpha value is -2.36. The van der Waals surface area contributed by atoms with Crippen LogP contribution in [0.4, 0.5) is 0 Å². The highest BCUT2D eigenvalue weighted by Gasteiger charge is 2.21. The highest BCUT2D eigenvalue weighted by atomic mass is 16.5. The van der Waals surface area contributed by atoms with Gasteiger partial charge < -0.3 is 9.15 Å². The van der Waals surface area contributed by atoms with Gasteiger partial charge in [0.25, 0.3) is 0 Å². The number of methoxy groups -OCH3 is 1. The molecule has 0 aliphatic heterocycles. The van der Waals surface area contributed by atoms with E-state index in [0.29, 0.717) is 11.7 Å². The Morgan fingerprint density at radius 2 is 2.10 bits per heavy atom. The molecule has 0 spiro atoms. The number of aromatic nitrogens is 1. The molecule has 20 heavy (non-hydrogen) atoms. The maximum atomic E-state index is 11.6. The van der Waals surface area contributed by atoms with Gasteiger partial charge in [-0.25, -0.2) is 9.78 Å². The van der Waals surface area contributed by atoms with Crippen molar-refractivity contribution >= 4 is 17.6 Å². The van der Waals surface area contributed by atoms with Crippen LogP contribution in [0.25, 0.3) is 11.6 Å². The van der Waals surface area contributed by atoms with E-state index >= 15 is 0 Å². The van der Waals surface area contributed by atoms with Crippen molar-refractivity contribution in [1.82, 2.24) is 4.98 Å². The van der Waals surface area contributed by atoms with E-state index in [1.165, 1.54) is 18.2 Å². The third kappa shape index (κ3) is 2.13. The summed E-state index contributed by atoms with van der Waals surface area (Å²) in [6, 6.07) is 8.26. The van der Waals surface area contributed by atoms with Crippen LogP contribution in [0.15, 0.2) is 28.7 Å². The van der Waals surface area contributed by atoms with Gasteiger partial charge in [-0.2, -0.15) is 0 Å². The van der Waals surface area contributed by atoms with Crippen molar-refractivity contribution in [3.8, 4) is 0 Å². The summed E-state index contributed by atoms with van der Waals surface area (Å²) in [7, 11) is 1.34. The van der Waals surface area contributed by atoms with E-state index < -0.39 is 5.97 Å². The van der Waals surface area contributed by atoms with E-state index in [2.05, 4.69) is 23.2 Å². The molecule has 0 atom stereocenters. The van der Waals surface area contributed by atoms with Gasteiger partial charge in [-0.1, -0.05) is 24.3 Å². The minimum atomic E-state index is -0.464. The molecule has 102 valence electrons. The summed E-state index contributed by atoms with van der Waals surface area (Å²) in [6.45, 7) is 1.72. The number of carbonyl (C=O) groups excluding carboxylic acids is 1. The summed E-state index contributed by atoms with van der Waals surface area (Å²) < 4.78 is 10.3. The van der Waals surface area contributed by atoms with Gasteiger partial charge in [-0.05, 0) is 37.0 Å². The van der Waals surface area contributed by atoms with E-state index in [0.717, 1.165) is 18.4 Å². The lowest BCUT2D eigenvalue weighted by Crippen LogP contribution is -2.04. The second-order valence-electron chi connectivity index (χ2n) is 4.78. The maximum absolute atomic E-state index is 11.6. The van der Waals surface area contributed by atoms with Crippen molar-refractivity contribution in [3.05, 3.63) is 52.7 Å². The number of ether oxygens (including phenoxy) is 1. The summed E-state index contributed by atoms with van der Waals surface area (Å²) in [6.07, 6.45) is 3.89. The standard InChI is InChI=1S/C16H15NO3/c1-10-14(16(18)19-2)17-15(20-10)13-8-7-11-5-3-4-6-12(11)9-13/h3-6,9H,7-8H2,1-2H3. The maximum Gasteiger partial charge on any atom is 0.360 e. The molecule has 0 unspecified atom stereocenters. The zero-order chi connectivity index (χ0) is 14.1. The van der Waals surface area contributed by atoms with Crippen LogP contribution >= 0.6 is 0 Å². The molecule has 0 amide bonds. The molecular weight excluding hydrogens is 254 g/mol. The molecule has 0 N–H and O–H groups in total. The number of hydrogen-bond donors (Lipinski definition) is 0.